The van der Waals surface area contributed by atoms with Crippen molar-refractivity contribution in [3.8, 4) is 23.7 Å². The Hall–Kier alpha value is -3.39. The van der Waals surface area contributed by atoms with E-state index in [1.165, 1.54) is 24.1 Å². The number of hydrogen-bond donors (Lipinski definition) is 0. The van der Waals surface area contributed by atoms with Crippen molar-refractivity contribution in [2.24, 2.45) is 5.92 Å². The van der Waals surface area contributed by atoms with Crippen molar-refractivity contribution in [2.75, 3.05) is 13.2 Å². The normalized spacial score (nSPS) is 18.2. The Morgan fingerprint density at radius 3 is 2.15 bits per heavy atom. The Kier molecular flexibility index (Phi) is 6.37. The van der Waals surface area contributed by atoms with Crippen LogP contribution in [0.1, 0.15) is 35.5 Å². The van der Waals surface area contributed by atoms with Crippen LogP contribution < -0.4 is 0 Å². The van der Waals surface area contributed by atoms with Gasteiger partial charge in [-0.25, -0.2) is 8.78 Å². The third kappa shape index (κ3) is 5.51. The van der Waals surface area contributed by atoms with Crippen molar-refractivity contribution in [1.29, 1.82) is 0 Å². The van der Waals surface area contributed by atoms with E-state index in [1.807, 2.05) is 31.2 Å². The number of rotatable bonds is 1. The van der Waals surface area contributed by atoms with Crippen LogP contribution >= 0.6 is 0 Å². The minimum atomic E-state index is -4.85. The lowest BCUT2D eigenvalue weighted by Crippen LogP contribution is -2.24. The van der Waals surface area contributed by atoms with Crippen LogP contribution in [0.5, 0.6) is 0 Å². The lowest BCUT2D eigenvalue weighted by Gasteiger charge is -2.27. The number of halogens is 5. The third-order valence-electron chi connectivity index (χ3n) is 4.96. The molecule has 1 saturated heterocycles. The van der Waals surface area contributed by atoms with E-state index in [4.69, 9.17) is 9.47 Å². The molecule has 0 atom stereocenters. The van der Waals surface area contributed by atoms with Crippen LogP contribution in [0.15, 0.2) is 48.5 Å². The van der Waals surface area contributed by atoms with Gasteiger partial charge in [-0.05, 0) is 35.7 Å². The summed E-state index contributed by atoms with van der Waals surface area (Å²) in [6.07, 6.45) is -5.25. The second-order valence-electron chi connectivity index (χ2n) is 7.71. The first kappa shape index (κ1) is 22.8. The summed E-state index contributed by atoms with van der Waals surface area (Å²) in [5.41, 5.74) is 1.18. The molecule has 0 saturated carbocycles. The smallest absolute Gasteiger partial charge is 0.348 e. The minimum Gasteiger partial charge on any atom is -0.348 e. The zero-order chi connectivity index (χ0) is 23.6. The van der Waals surface area contributed by atoms with Gasteiger partial charge in [0, 0.05) is 33.9 Å². The molecule has 0 N–H and O–H groups in total. The number of benzene rings is 3. The largest absolute Gasteiger partial charge is 0.458 e. The highest BCUT2D eigenvalue weighted by atomic mass is 19.4. The molecule has 1 heterocycles. The van der Waals surface area contributed by atoms with Crippen molar-refractivity contribution in [1.82, 2.24) is 0 Å². The fourth-order valence-corrected chi connectivity index (χ4v) is 3.32. The quantitative estimate of drug-likeness (QED) is 0.325. The summed E-state index contributed by atoms with van der Waals surface area (Å²) in [6.45, 7) is 3.31. The standard InChI is InChI=1S/C26H17F5O2/c1-16-14-32-25(33-15-16)19-7-4-17(5-8-19)2-3-18-6-9-21-20(12-18)13-23(27)22(24(21)28)10-11-26(29,30)31/h4-9,12-13,16,25H,14-15H2,1H3. The third-order valence-corrected chi connectivity index (χ3v) is 4.96. The first-order valence-corrected chi connectivity index (χ1v) is 10.1. The van der Waals surface area contributed by atoms with Crippen molar-refractivity contribution in [2.45, 2.75) is 19.4 Å². The van der Waals surface area contributed by atoms with Gasteiger partial charge >= 0.3 is 6.18 Å². The number of fused-ring (bicyclic) bond motifs is 1. The van der Waals surface area contributed by atoms with Gasteiger partial charge in [-0.3, -0.25) is 0 Å². The molecule has 1 aliphatic rings. The highest BCUT2D eigenvalue weighted by Crippen LogP contribution is 2.26. The van der Waals surface area contributed by atoms with Crippen LogP contribution in [-0.4, -0.2) is 19.4 Å². The summed E-state index contributed by atoms with van der Waals surface area (Å²) in [5, 5.41) is 0.130. The van der Waals surface area contributed by atoms with Gasteiger partial charge in [0.2, 0.25) is 0 Å². The van der Waals surface area contributed by atoms with Crippen LogP contribution in [0.2, 0.25) is 0 Å². The summed E-state index contributed by atoms with van der Waals surface area (Å²) in [4.78, 5) is 0. The van der Waals surface area contributed by atoms with Gasteiger partial charge in [0.25, 0.3) is 0 Å². The predicted octanol–water partition coefficient (Wildman–Crippen LogP) is 6.11. The lowest BCUT2D eigenvalue weighted by molar-refractivity contribution is -0.202. The number of alkyl halides is 3. The maximum Gasteiger partial charge on any atom is 0.458 e. The molecule has 0 bridgehead atoms. The van der Waals surface area contributed by atoms with E-state index in [9.17, 15) is 22.0 Å². The monoisotopic (exact) mass is 456 g/mol. The first-order valence-electron chi connectivity index (χ1n) is 10.1. The summed E-state index contributed by atoms with van der Waals surface area (Å²) in [5.74, 6) is 6.37. The topological polar surface area (TPSA) is 18.5 Å². The maximum atomic E-state index is 14.5. The van der Waals surface area contributed by atoms with Crippen LogP contribution in [0.4, 0.5) is 22.0 Å². The van der Waals surface area contributed by atoms with Crippen LogP contribution in [0.25, 0.3) is 10.8 Å². The van der Waals surface area contributed by atoms with Crippen LogP contribution in [0.3, 0.4) is 0 Å². The molecule has 0 unspecified atom stereocenters. The van der Waals surface area contributed by atoms with E-state index < -0.39 is 29.7 Å². The molecule has 0 aliphatic carbocycles. The van der Waals surface area contributed by atoms with Gasteiger partial charge in [0.1, 0.15) is 11.6 Å². The molecule has 1 fully saturated rings. The number of ether oxygens (including phenoxy) is 2. The molecule has 33 heavy (non-hydrogen) atoms. The number of hydrogen-bond acceptors (Lipinski definition) is 2. The zero-order valence-corrected chi connectivity index (χ0v) is 17.4. The fourth-order valence-electron chi connectivity index (χ4n) is 3.32. The van der Waals surface area contributed by atoms with E-state index in [0.29, 0.717) is 24.7 Å². The average Bonchev–Trinajstić information content (AvgIpc) is 2.77. The average molecular weight is 456 g/mol. The van der Waals surface area contributed by atoms with Gasteiger partial charge in [-0.1, -0.05) is 42.9 Å². The fraction of sp³-hybridized carbons (Fsp3) is 0.231. The SMILES string of the molecule is CC1COC(c2ccc(C#Cc3ccc4c(F)c(C#CC(F)(F)F)c(F)cc4c3)cc2)OC1. The molecule has 3 aromatic rings. The van der Waals surface area contributed by atoms with E-state index in [-0.39, 0.29) is 10.8 Å². The Bertz CT molecular complexity index is 1300. The van der Waals surface area contributed by atoms with Crippen LogP contribution in [-0.2, 0) is 9.47 Å². The molecule has 4 rings (SSSR count). The summed E-state index contributed by atoms with van der Waals surface area (Å²) >= 11 is 0. The van der Waals surface area contributed by atoms with Gasteiger partial charge in [-0.2, -0.15) is 13.2 Å². The van der Waals surface area contributed by atoms with Crippen molar-refractivity contribution in [3.63, 3.8) is 0 Å². The van der Waals surface area contributed by atoms with E-state index in [2.05, 4.69) is 11.8 Å². The summed E-state index contributed by atoms with van der Waals surface area (Å²) in [7, 11) is 0. The Balaban J connectivity index is 1.56. The minimum absolute atomic E-state index is 0.0421. The van der Waals surface area contributed by atoms with E-state index in [0.717, 1.165) is 23.1 Å². The molecular formula is C26H17F5O2. The van der Waals surface area contributed by atoms with Crippen molar-refractivity contribution < 1.29 is 31.4 Å². The summed E-state index contributed by atoms with van der Waals surface area (Å²) < 4.78 is 76.9. The molecule has 0 aromatic heterocycles. The molecule has 2 nitrogen and oxygen atoms in total. The molecular weight excluding hydrogens is 439 g/mol. The van der Waals surface area contributed by atoms with Gasteiger partial charge in [0.15, 0.2) is 6.29 Å². The molecule has 1 aliphatic heterocycles. The first-order chi connectivity index (χ1) is 15.7. The van der Waals surface area contributed by atoms with Gasteiger partial charge in [0.05, 0.1) is 18.8 Å². The Labute approximate surface area is 187 Å². The predicted molar refractivity (Wildman–Crippen MR) is 113 cm³/mol. The Morgan fingerprint density at radius 2 is 1.48 bits per heavy atom. The molecule has 7 heteroatoms. The lowest BCUT2D eigenvalue weighted by atomic mass is 10.0. The van der Waals surface area contributed by atoms with Crippen molar-refractivity contribution in [3.05, 3.63) is 82.4 Å². The molecule has 168 valence electrons. The maximum absolute atomic E-state index is 14.5. The highest BCUT2D eigenvalue weighted by Gasteiger charge is 2.24. The Morgan fingerprint density at radius 1 is 0.848 bits per heavy atom. The second kappa shape index (κ2) is 9.23. The molecule has 0 spiro atoms. The van der Waals surface area contributed by atoms with Crippen LogP contribution in [0, 0.1) is 41.2 Å². The summed E-state index contributed by atoms with van der Waals surface area (Å²) in [6, 6.07) is 12.6. The van der Waals surface area contributed by atoms with Gasteiger partial charge in [-0.15, -0.1) is 0 Å². The molecule has 3 aromatic carbocycles. The molecule has 0 amide bonds. The zero-order valence-electron chi connectivity index (χ0n) is 17.4. The van der Waals surface area contributed by atoms with Crippen molar-refractivity contribution >= 4 is 10.8 Å². The van der Waals surface area contributed by atoms with Gasteiger partial charge < -0.3 is 9.47 Å². The van der Waals surface area contributed by atoms with E-state index >= 15 is 0 Å². The second-order valence-corrected chi connectivity index (χ2v) is 7.71. The van der Waals surface area contributed by atoms with E-state index in [1.54, 1.807) is 0 Å². The molecule has 0 radical (unpaired) electrons. The highest BCUT2D eigenvalue weighted by molar-refractivity contribution is 5.86.